The van der Waals surface area contributed by atoms with Crippen LogP contribution in [-0.4, -0.2) is 19.6 Å². The maximum Gasteiger partial charge on any atom is 0.117 e. The first-order valence-corrected chi connectivity index (χ1v) is 2.77. The Kier molecular flexibility index (Phi) is 4.59. The second-order valence-electron chi connectivity index (χ2n) is 1.59. The lowest BCUT2D eigenvalue weighted by atomic mass is 9.94. The largest absolute Gasteiger partial charge is 0.392 e. The molecule has 3 heteroatoms. The van der Waals surface area contributed by atoms with Gasteiger partial charge in [0.25, 0.3) is 0 Å². The number of aliphatic hydroxyl groups is 1. The summed E-state index contributed by atoms with van der Waals surface area (Å²) in [6, 6.07) is 0. The summed E-state index contributed by atoms with van der Waals surface area (Å²) in [6.07, 6.45) is 3.68. The summed E-state index contributed by atoms with van der Waals surface area (Å²) < 4.78 is 12.4. The van der Waals surface area contributed by atoms with E-state index >= 15 is 0 Å². The molecule has 0 heterocycles. The topological polar surface area (TPSA) is 20.2 Å². The van der Waals surface area contributed by atoms with Gasteiger partial charge < -0.3 is 5.11 Å². The van der Waals surface area contributed by atoms with Gasteiger partial charge >= 0.3 is 0 Å². The SMILES string of the molecule is [B]C(=C/C=C)/C(F)=C\CO. The zero-order valence-corrected chi connectivity index (χ0v) is 5.55. The van der Waals surface area contributed by atoms with Crippen molar-refractivity contribution < 1.29 is 9.50 Å². The van der Waals surface area contributed by atoms with E-state index in [0.717, 1.165) is 6.08 Å². The first-order chi connectivity index (χ1) is 4.72. The fourth-order valence-electron chi connectivity index (χ4n) is 0.405. The van der Waals surface area contributed by atoms with Gasteiger partial charge in [0.05, 0.1) is 6.61 Å². The molecule has 0 amide bonds. The molecule has 0 saturated carbocycles. The maximum atomic E-state index is 12.4. The molecule has 0 aliphatic rings. The predicted octanol–water partition coefficient (Wildman–Crippen LogP) is 1.07. The van der Waals surface area contributed by atoms with Crippen LogP contribution in [0.25, 0.3) is 0 Å². The third-order valence-electron chi connectivity index (χ3n) is 0.844. The van der Waals surface area contributed by atoms with Crippen molar-refractivity contribution in [3.63, 3.8) is 0 Å². The van der Waals surface area contributed by atoms with Crippen LogP contribution in [0.2, 0.25) is 0 Å². The van der Waals surface area contributed by atoms with E-state index in [0.29, 0.717) is 0 Å². The summed E-state index contributed by atoms with van der Waals surface area (Å²) in [5, 5.41) is 8.23. The quantitative estimate of drug-likeness (QED) is 0.456. The molecule has 1 nitrogen and oxygen atoms in total. The molecule has 0 bridgehead atoms. The van der Waals surface area contributed by atoms with Crippen LogP contribution in [0.15, 0.2) is 36.1 Å². The van der Waals surface area contributed by atoms with Crippen LogP contribution in [0.3, 0.4) is 0 Å². The molecular weight excluding hydrogens is 130 g/mol. The molecule has 0 fully saturated rings. The second kappa shape index (κ2) is 5.00. The number of hydrogen-bond donors (Lipinski definition) is 1. The number of hydrogen-bond acceptors (Lipinski definition) is 1. The minimum Gasteiger partial charge on any atom is -0.392 e. The molecule has 10 heavy (non-hydrogen) atoms. The first-order valence-electron chi connectivity index (χ1n) is 2.77. The smallest absolute Gasteiger partial charge is 0.117 e. The van der Waals surface area contributed by atoms with E-state index in [9.17, 15) is 4.39 Å². The molecule has 0 aliphatic carbocycles. The van der Waals surface area contributed by atoms with Crippen LogP contribution in [-0.2, 0) is 0 Å². The van der Waals surface area contributed by atoms with Crippen molar-refractivity contribution in [3.8, 4) is 0 Å². The molecule has 0 aliphatic heterocycles. The summed E-state index contributed by atoms with van der Waals surface area (Å²) in [5.41, 5.74) is -0.0240. The van der Waals surface area contributed by atoms with Crippen molar-refractivity contribution in [2.45, 2.75) is 0 Å². The third-order valence-corrected chi connectivity index (χ3v) is 0.844. The maximum absolute atomic E-state index is 12.4. The predicted molar refractivity (Wildman–Crippen MR) is 40.3 cm³/mol. The summed E-state index contributed by atoms with van der Waals surface area (Å²) in [6.45, 7) is 2.98. The van der Waals surface area contributed by atoms with Crippen molar-refractivity contribution in [1.29, 1.82) is 0 Å². The standard InChI is InChI=1S/C7H8BFO/c1-2-3-6(8)7(9)4-5-10/h2-4,10H,1,5H2/b6-3+,7-4+. The highest BCUT2D eigenvalue weighted by atomic mass is 19.1. The fraction of sp³-hybridized carbons (Fsp3) is 0.143. The molecule has 2 radical (unpaired) electrons. The first kappa shape index (κ1) is 9.17. The molecule has 0 rings (SSSR count). The van der Waals surface area contributed by atoms with Gasteiger partial charge in [-0.25, -0.2) is 4.39 Å². The molecule has 52 valence electrons. The lowest BCUT2D eigenvalue weighted by Crippen LogP contribution is -1.84. The highest BCUT2D eigenvalue weighted by Gasteiger charge is 1.92. The molecule has 0 spiro atoms. The summed E-state index contributed by atoms with van der Waals surface area (Å²) in [7, 11) is 5.15. The normalized spacial score (nSPS) is 13.4. The van der Waals surface area contributed by atoms with Gasteiger partial charge in [0.1, 0.15) is 13.7 Å². The Balaban J connectivity index is 4.19. The third kappa shape index (κ3) is 3.25. The van der Waals surface area contributed by atoms with E-state index < -0.39 is 5.83 Å². The van der Waals surface area contributed by atoms with Crippen LogP contribution >= 0.6 is 0 Å². The number of aliphatic hydroxyl groups excluding tert-OH is 1. The number of halogens is 1. The van der Waals surface area contributed by atoms with Gasteiger partial charge in [-0.15, -0.1) is 0 Å². The van der Waals surface area contributed by atoms with Crippen molar-refractivity contribution in [2.24, 2.45) is 0 Å². The lowest BCUT2D eigenvalue weighted by molar-refractivity contribution is 0.339. The highest BCUT2D eigenvalue weighted by molar-refractivity contribution is 6.24. The van der Waals surface area contributed by atoms with Crippen molar-refractivity contribution in [1.82, 2.24) is 0 Å². The van der Waals surface area contributed by atoms with Crippen molar-refractivity contribution >= 4 is 7.85 Å². The van der Waals surface area contributed by atoms with Gasteiger partial charge in [0, 0.05) is 0 Å². The van der Waals surface area contributed by atoms with Gasteiger partial charge in [-0.05, 0) is 6.08 Å². The van der Waals surface area contributed by atoms with Gasteiger partial charge in [0.2, 0.25) is 0 Å². The minimum atomic E-state index is -0.623. The van der Waals surface area contributed by atoms with Crippen LogP contribution in [0.4, 0.5) is 4.39 Å². The average Bonchev–Trinajstić information content (AvgIpc) is 1.89. The van der Waals surface area contributed by atoms with Crippen molar-refractivity contribution in [2.75, 3.05) is 6.61 Å². The number of rotatable bonds is 3. The molecule has 0 aromatic heterocycles. The zero-order valence-electron chi connectivity index (χ0n) is 5.55. The Labute approximate surface area is 61.0 Å². The molecule has 0 saturated heterocycles. The fourth-order valence-corrected chi connectivity index (χ4v) is 0.405. The molecule has 0 unspecified atom stereocenters. The van der Waals surface area contributed by atoms with Gasteiger partial charge in [-0.2, -0.15) is 0 Å². The lowest BCUT2D eigenvalue weighted by Gasteiger charge is -1.93. The van der Waals surface area contributed by atoms with Crippen LogP contribution in [0, 0.1) is 0 Å². The van der Waals surface area contributed by atoms with Gasteiger partial charge in [-0.3, -0.25) is 0 Å². The van der Waals surface area contributed by atoms with Crippen LogP contribution in [0.5, 0.6) is 0 Å². The average molecular weight is 138 g/mol. The van der Waals surface area contributed by atoms with E-state index in [2.05, 4.69) is 6.58 Å². The summed E-state index contributed by atoms with van der Waals surface area (Å²) in [4.78, 5) is 0. The van der Waals surface area contributed by atoms with E-state index in [1.807, 2.05) is 0 Å². The van der Waals surface area contributed by atoms with Crippen LogP contribution in [0.1, 0.15) is 0 Å². The van der Waals surface area contributed by atoms with Gasteiger partial charge in [0.15, 0.2) is 0 Å². The monoisotopic (exact) mass is 138 g/mol. The van der Waals surface area contributed by atoms with E-state index in [-0.39, 0.29) is 12.1 Å². The molecule has 0 atom stereocenters. The Morgan fingerprint density at radius 2 is 2.30 bits per heavy atom. The molecule has 0 aromatic rings. The number of allylic oxidation sites excluding steroid dienone is 4. The summed E-state index contributed by atoms with van der Waals surface area (Å²) >= 11 is 0. The Hall–Kier alpha value is -0.825. The van der Waals surface area contributed by atoms with E-state index in [4.69, 9.17) is 13.0 Å². The summed E-state index contributed by atoms with van der Waals surface area (Å²) in [5.74, 6) is -0.623. The Bertz CT molecular complexity index is 172. The highest BCUT2D eigenvalue weighted by Crippen LogP contribution is 2.06. The van der Waals surface area contributed by atoms with E-state index in [1.54, 1.807) is 0 Å². The molecule has 1 N–H and O–H groups in total. The second-order valence-corrected chi connectivity index (χ2v) is 1.59. The zero-order chi connectivity index (χ0) is 7.98. The van der Waals surface area contributed by atoms with Gasteiger partial charge in [-0.1, -0.05) is 24.2 Å². The Morgan fingerprint density at radius 3 is 2.70 bits per heavy atom. The Morgan fingerprint density at radius 1 is 1.70 bits per heavy atom. The van der Waals surface area contributed by atoms with E-state index in [1.165, 1.54) is 12.2 Å². The van der Waals surface area contributed by atoms with Crippen molar-refractivity contribution in [3.05, 3.63) is 36.1 Å². The van der Waals surface area contributed by atoms with Crippen LogP contribution < -0.4 is 0 Å². The molecule has 0 aromatic carbocycles. The molecular formula is C7H8BFO. The minimum absolute atomic E-state index is 0.0240.